The molecule has 0 fully saturated rings. The number of nitrogens with zero attached hydrogens (tertiary/aromatic N) is 1. The Labute approximate surface area is 119 Å². The number of carboxylic acid groups (broad SMARTS) is 1. The Bertz CT molecular complexity index is 353. The van der Waals surface area contributed by atoms with E-state index in [1.165, 1.54) is 7.05 Å². The van der Waals surface area contributed by atoms with Crippen LogP contribution in [-0.2, 0) is 14.3 Å². The Morgan fingerprint density at radius 2 is 1.75 bits per heavy atom. The van der Waals surface area contributed by atoms with Crippen molar-refractivity contribution in [3.63, 3.8) is 0 Å². The van der Waals surface area contributed by atoms with E-state index in [9.17, 15) is 19.5 Å². The number of likely N-dealkylation sites (N-methyl/N-ethyl adjacent to an activating group) is 1. The molecule has 0 aromatic carbocycles. The van der Waals surface area contributed by atoms with Crippen LogP contribution in [0.3, 0.4) is 0 Å². The Kier molecular flexibility index (Phi) is 7.64. The molecule has 2 amide bonds. The predicted molar refractivity (Wildman–Crippen MR) is 73.3 cm³/mol. The van der Waals surface area contributed by atoms with Crippen molar-refractivity contribution >= 4 is 18.0 Å². The van der Waals surface area contributed by atoms with Crippen molar-refractivity contribution in [3.05, 3.63) is 0 Å². The molecule has 116 valence electrons. The lowest BCUT2D eigenvalue weighted by atomic mass is 9.82. The molecule has 0 heterocycles. The van der Waals surface area contributed by atoms with Crippen LogP contribution in [0.4, 0.5) is 4.79 Å². The fraction of sp³-hybridized carbons (Fsp3) is 0.769. The first-order valence-electron chi connectivity index (χ1n) is 6.70. The van der Waals surface area contributed by atoms with Crippen molar-refractivity contribution < 1.29 is 24.2 Å². The molecule has 20 heavy (non-hydrogen) atoms. The van der Waals surface area contributed by atoms with Crippen LogP contribution in [0.5, 0.6) is 0 Å². The molecule has 0 spiro atoms. The van der Waals surface area contributed by atoms with Crippen molar-refractivity contribution in [1.82, 2.24) is 10.2 Å². The summed E-state index contributed by atoms with van der Waals surface area (Å²) in [6.07, 6.45) is 0.835. The van der Waals surface area contributed by atoms with Gasteiger partial charge >= 0.3 is 18.0 Å². The second kappa shape index (κ2) is 8.39. The summed E-state index contributed by atoms with van der Waals surface area (Å²) < 4.78 is 4.73. The van der Waals surface area contributed by atoms with Crippen LogP contribution in [0.15, 0.2) is 0 Å². The van der Waals surface area contributed by atoms with E-state index in [0.717, 1.165) is 4.90 Å². The molecule has 0 aliphatic heterocycles. The third kappa shape index (κ3) is 5.07. The maximum Gasteiger partial charge on any atom is 0.325 e. The first kappa shape index (κ1) is 18.2. The molecule has 0 aliphatic rings. The van der Waals surface area contributed by atoms with E-state index in [1.807, 2.05) is 0 Å². The first-order valence-corrected chi connectivity index (χ1v) is 6.70. The molecule has 0 atom stereocenters. The lowest BCUT2D eigenvalue weighted by molar-refractivity contribution is -0.149. The molecule has 0 saturated heterocycles. The van der Waals surface area contributed by atoms with Gasteiger partial charge in [-0.15, -0.1) is 0 Å². The number of carboxylic acids is 1. The van der Waals surface area contributed by atoms with Crippen molar-refractivity contribution in [2.75, 3.05) is 26.7 Å². The zero-order valence-corrected chi connectivity index (χ0v) is 12.6. The summed E-state index contributed by atoms with van der Waals surface area (Å²) in [5.41, 5.74) is -0.972. The minimum Gasteiger partial charge on any atom is -0.481 e. The number of urea groups is 1. The van der Waals surface area contributed by atoms with Crippen LogP contribution in [0.25, 0.3) is 0 Å². The fourth-order valence-electron chi connectivity index (χ4n) is 1.73. The summed E-state index contributed by atoms with van der Waals surface area (Å²) >= 11 is 0. The minimum absolute atomic E-state index is 0.0291. The molecule has 2 N–H and O–H groups in total. The van der Waals surface area contributed by atoms with Crippen LogP contribution in [0.2, 0.25) is 0 Å². The zero-order valence-electron chi connectivity index (χ0n) is 12.6. The van der Waals surface area contributed by atoms with Crippen LogP contribution in [0.1, 0.15) is 33.6 Å². The van der Waals surface area contributed by atoms with Gasteiger partial charge in [0.25, 0.3) is 0 Å². The molecule has 0 unspecified atom stereocenters. The van der Waals surface area contributed by atoms with E-state index in [4.69, 9.17) is 4.74 Å². The molecular formula is C13H24N2O5. The van der Waals surface area contributed by atoms with Gasteiger partial charge in [-0.2, -0.15) is 0 Å². The lowest BCUT2D eigenvalue weighted by Crippen LogP contribution is -2.47. The summed E-state index contributed by atoms with van der Waals surface area (Å²) in [5.74, 6) is -1.43. The predicted octanol–water partition coefficient (Wildman–Crippen LogP) is 1.08. The highest BCUT2D eigenvalue weighted by molar-refractivity contribution is 5.81. The van der Waals surface area contributed by atoms with Crippen LogP contribution in [0, 0.1) is 5.41 Å². The Balaban J connectivity index is 4.46. The van der Waals surface area contributed by atoms with Gasteiger partial charge in [-0.3, -0.25) is 9.59 Å². The fourth-order valence-corrected chi connectivity index (χ4v) is 1.73. The van der Waals surface area contributed by atoms with Crippen molar-refractivity contribution in [2.45, 2.75) is 33.6 Å². The molecular weight excluding hydrogens is 264 g/mol. The van der Waals surface area contributed by atoms with Gasteiger partial charge in [0.05, 0.1) is 12.0 Å². The summed E-state index contributed by atoms with van der Waals surface area (Å²) in [6.45, 7) is 5.33. The molecule has 7 nitrogen and oxygen atoms in total. The number of carbonyl (C=O) groups is 3. The van der Waals surface area contributed by atoms with E-state index in [-0.39, 0.29) is 19.7 Å². The average molecular weight is 288 g/mol. The van der Waals surface area contributed by atoms with E-state index < -0.39 is 23.4 Å². The monoisotopic (exact) mass is 288 g/mol. The van der Waals surface area contributed by atoms with Gasteiger partial charge < -0.3 is 20.1 Å². The summed E-state index contributed by atoms with van der Waals surface area (Å²) in [4.78, 5) is 35.5. The normalized spacial score (nSPS) is 10.8. The maximum atomic E-state index is 11.8. The number of amides is 2. The van der Waals surface area contributed by atoms with Gasteiger partial charge in [0.1, 0.15) is 6.54 Å². The number of rotatable bonds is 8. The van der Waals surface area contributed by atoms with Crippen LogP contribution in [-0.4, -0.2) is 54.7 Å². The van der Waals surface area contributed by atoms with Crippen LogP contribution >= 0.6 is 0 Å². The third-order valence-corrected chi connectivity index (χ3v) is 3.40. The number of ether oxygens (including phenoxy) is 1. The number of hydrogen-bond donors (Lipinski definition) is 2. The number of hydrogen-bond acceptors (Lipinski definition) is 4. The molecule has 0 rings (SSSR count). The Morgan fingerprint density at radius 3 is 2.15 bits per heavy atom. The quantitative estimate of drug-likeness (QED) is 0.652. The number of aliphatic carboxylic acids is 1. The Morgan fingerprint density at radius 1 is 1.20 bits per heavy atom. The summed E-state index contributed by atoms with van der Waals surface area (Å²) in [7, 11) is 1.45. The smallest absolute Gasteiger partial charge is 0.325 e. The SMILES string of the molecule is CCOC(=O)CN(C)C(=O)NCC(CC)(CC)C(=O)O. The van der Waals surface area contributed by atoms with Gasteiger partial charge in [-0.05, 0) is 19.8 Å². The topological polar surface area (TPSA) is 95.9 Å². The average Bonchev–Trinajstić information content (AvgIpc) is 2.39. The highest BCUT2D eigenvalue weighted by Gasteiger charge is 2.35. The molecule has 0 aromatic rings. The minimum atomic E-state index is -0.972. The van der Waals surface area contributed by atoms with Gasteiger partial charge in [-0.25, -0.2) is 4.79 Å². The van der Waals surface area contributed by atoms with Gasteiger partial charge in [0, 0.05) is 13.6 Å². The van der Waals surface area contributed by atoms with Gasteiger partial charge in [0.2, 0.25) is 0 Å². The molecule has 0 aromatic heterocycles. The van der Waals surface area contributed by atoms with Crippen molar-refractivity contribution in [1.29, 1.82) is 0 Å². The van der Waals surface area contributed by atoms with E-state index in [2.05, 4.69) is 5.32 Å². The highest BCUT2D eigenvalue weighted by atomic mass is 16.5. The third-order valence-electron chi connectivity index (χ3n) is 3.40. The number of nitrogens with one attached hydrogen (secondary N) is 1. The van der Waals surface area contributed by atoms with Crippen LogP contribution < -0.4 is 5.32 Å². The summed E-state index contributed by atoms with van der Waals surface area (Å²) in [5, 5.41) is 11.8. The molecule has 0 saturated carbocycles. The standard InChI is InChI=1S/C13H24N2O5/c1-5-13(6-2,11(17)18)9-14-12(19)15(4)8-10(16)20-7-3/h5-9H2,1-4H3,(H,14,19)(H,17,18). The second-order valence-corrected chi connectivity index (χ2v) is 4.61. The highest BCUT2D eigenvalue weighted by Crippen LogP contribution is 2.25. The summed E-state index contributed by atoms with van der Waals surface area (Å²) in [6, 6.07) is -0.495. The van der Waals surface area contributed by atoms with E-state index in [0.29, 0.717) is 12.8 Å². The lowest BCUT2D eigenvalue weighted by Gasteiger charge is -2.28. The van der Waals surface area contributed by atoms with E-state index >= 15 is 0 Å². The van der Waals surface area contributed by atoms with E-state index in [1.54, 1.807) is 20.8 Å². The molecule has 0 radical (unpaired) electrons. The second-order valence-electron chi connectivity index (χ2n) is 4.61. The Hall–Kier alpha value is -1.79. The molecule has 0 aliphatic carbocycles. The number of esters is 1. The molecule has 0 bridgehead atoms. The van der Waals surface area contributed by atoms with Crippen molar-refractivity contribution in [3.8, 4) is 0 Å². The first-order chi connectivity index (χ1) is 9.32. The van der Waals surface area contributed by atoms with Gasteiger partial charge in [-0.1, -0.05) is 13.8 Å². The van der Waals surface area contributed by atoms with Gasteiger partial charge in [0.15, 0.2) is 0 Å². The number of carbonyl (C=O) groups excluding carboxylic acids is 2. The largest absolute Gasteiger partial charge is 0.481 e. The molecule has 7 heteroatoms. The zero-order chi connectivity index (χ0) is 15.8. The van der Waals surface area contributed by atoms with Crippen molar-refractivity contribution in [2.24, 2.45) is 5.41 Å². The maximum absolute atomic E-state index is 11.8.